The summed E-state index contributed by atoms with van der Waals surface area (Å²) in [6.07, 6.45) is 5.24. The van der Waals surface area contributed by atoms with Crippen molar-refractivity contribution in [1.82, 2.24) is 10.4 Å². The van der Waals surface area contributed by atoms with Crippen LogP contribution in [-0.4, -0.2) is 4.98 Å². The third-order valence-corrected chi connectivity index (χ3v) is 4.79. The molecule has 0 aliphatic heterocycles. The number of nitrogens with zero attached hydrogens (tertiary/aromatic N) is 1. The highest BCUT2D eigenvalue weighted by atomic mass is 32.1. The summed E-state index contributed by atoms with van der Waals surface area (Å²) in [7, 11) is 0. The predicted molar refractivity (Wildman–Crippen MR) is 68.0 cm³/mol. The van der Waals surface area contributed by atoms with Crippen molar-refractivity contribution in [2.75, 3.05) is 0 Å². The Bertz CT molecular complexity index is 329. The first kappa shape index (κ1) is 12.0. The summed E-state index contributed by atoms with van der Waals surface area (Å²) in [6.45, 7) is 4.42. The van der Waals surface area contributed by atoms with E-state index in [4.69, 9.17) is 5.84 Å². The fraction of sp³-hybridized carbons (Fsp3) is 0.750. The molecule has 1 aromatic rings. The lowest BCUT2D eigenvalue weighted by Gasteiger charge is -2.32. The van der Waals surface area contributed by atoms with Gasteiger partial charge in [-0.2, -0.15) is 0 Å². The molecule has 3 N–H and O–H groups in total. The van der Waals surface area contributed by atoms with Gasteiger partial charge in [-0.1, -0.05) is 19.8 Å². The molecule has 1 atom stereocenters. The fourth-order valence-electron chi connectivity index (χ4n) is 2.65. The van der Waals surface area contributed by atoms with Crippen molar-refractivity contribution in [3.63, 3.8) is 0 Å². The molecule has 0 bridgehead atoms. The smallest absolute Gasteiger partial charge is 0.0798 e. The number of nitrogens with two attached hydrogens (primary N) is 1. The van der Waals surface area contributed by atoms with E-state index in [2.05, 4.69) is 24.3 Å². The summed E-state index contributed by atoms with van der Waals surface area (Å²) in [4.78, 5) is 5.64. The number of hydrazine groups is 1. The number of rotatable bonds is 3. The zero-order valence-electron chi connectivity index (χ0n) is 10.1. The molecular weight excluding hydrogens is 218 g/mol. The molecule has 1 heterocycles. The van der Waals surface area contributed by atoms with E-state index < -0.39 is 0 Å². The van der Waals surface area contributed by atoms with Crippen molar-refractivity contribution in [2.45, 2.75) is 45.6 Å². The largest absolute Gasteiger partial charge is 0.271 e. The van der Waals surface area contributed by atoms with Crippen LogP contribution in [0.2, 0.25) is 0 Å². The molecule has 0 spiro atoms. The Balaban J connectivity index is 2.08. The van der Waals surface area contributed by atoms with Crippen molar-refractivity contribution < 1.29 is 0 Å². The van der Waals surface area contributed by atoms with Crippen molar-refractivity contribution >= 4 is 11.3 Å². The number of hydrogen-bond donors (Lipinski definition) is 2. The topological polar surface area (TPSA) is 50.9 Å². The van der Waals surface area contributed by atoms with E-state index in [1.807, 2.05) is 5.51 Å². The van der Waals surface area contributed by atoms with Crippen LogP contribution in [0.5, 0.6) is 0 Å². The van der Waals surface area contributed by atoms with Crippen molar-refractivity contribution in [3.05, 3.63) is 16.1 Å². The number of nitrogens with one attached hydrogen (secondary N) is 1. The van der Waals surface area contributed by atoms with Crippen LogP contribution in [0.4, 0.5) is 0 Å². The van der Waals surface area contributed by atoms with Crippen LogP contribution in [0, 0.1) is 18.8 Å². The van der Waals surface area contributed by atoms with Crippen LogP contribution in [0.25, 0.3) is 0 Å². The minimum absolute atomic E-state index is 0.306. The molecule has 1 saturated carbocycles. The maximum absolute atomic E-state index is 5.73. The number of hydrogen-bond acceptors (Lipinski definition) is 4. The van der Waals surface area contributed by atoms with Crippen molar-refractivity contribution in [2.24, 2.45) is 17.7 Å². The minimum Gasteiger partial charge on any atom is -0.271 e. The standard InChI is InChI=1S/C12H21N3S/c1-8-3-5-10(6-4-8)11(15-13)12-9(2)14-7-16-12/h7-8,10-11,15H,3-6,13H2,1-2H3. The van der Waals surface area contributed by atoms with Gasteiger partial charge in [0.15, 0.2) is 0 Å². The van der Waals surface area contributed by atoms with E-state index in [9.17, 15) is 0 Å². The summed E-state index contributed by atoms with van der Waals surface area (Å²) < 4.78 is 0. The van der Waals surface area contributed by atoms with Crippen molar-refractivity contribution in [1.29, 1.82) is 0 Å². The van der Waals surface area contributed by atoms with E-state index in [1.54, 1.807) is 11.3 Å². The van der Waals surface area contributed by atoms with E-state index in [0.717, 1.165) is 11.6 Å². The molecule has 4 heteroatoms. The quantitative estimate of drug-likeness (QED) is 0.630. The molecule has 16 heavy (non-hydrogen) atoms. The van der Waals surface area contributed by atoms with Crippen LogP contribution < -0.4 is 11.3 Å². The third-order valence-electron chi connectivity index (χ3n) is 3.78. The number of thiazole rings is 1. The van der Waals surface area contributed by atoms with Crippen LogP contribution in [0.15, 0.2) is 5.51 Å². The average molecular weight is 239 g/mol. The first-order valence-electron chi connectivity index (χ1n) is 6.08. The molecule has 1 unspecified atom stereocenters. The Morgan fingerprint density at radius 1 is 1.44 bits per heavy atom. The Kier molecular flexibility index (Phi) is 3.95. The zero-order valence-corrected chi connectivity index (χ0v) is 10.9. The molecule has 0 amide bonds. The minimum atomic E-state index is 0.306. The summed E-state index contributed by atoms with van der Waals surface area (Å²) in [5.74, 6) is 7.29. The van der Waals surface area contributed by atoms with Gasteiger partial charge < -0.3 is 0 Å². The second kappa shape index (κ2) is 5.25. The molecule has 1 fully saturated rings. The monoisotopic (exact) mass is 239 g/mol. The van der Waals surface area contributed by atoms with E-state index >= 15 is 0 Å². The van der Waals surface area contributed by atoms with Gasteiger partial charge >= 0.3 is 0 Å². The van der Waals surface area contributed by atoms with Gasteiger partial charge in [0, 0.05) is 4.88 Å². The highest BCUT2D eigenvalue weighted by Gasteiger charge is 2.28. The molecule has 3 nitrogen and oxygen atoms in total. The Morgan fingerprint density at radius 2 is 2.12 bits per heavy atom. The van der Waals surface area contributed by atoms with Gasteiger partial charge in [-0.15, -0.1) is 11.3 Å². The summed E-state index contributed by atoms with van der Waals surface area (Å²) in [5.41, 5.74) is 6.05. The Labute approximate surface area is 101 Å². The van der Waals surface area contributed by atoms with E-state index in [0.29, 0.717) is 12.0 Å². The summed E-state index contributed by atoms with van der Waals surface area (Å²) >= 11 is 1.72. The predicted octanol–water partition coefficient (Wildman–Crippen LogP) is 2.78. The summed E-state index contributed by atoms with van der Waals surface area (Å²) in [6, 6.07) is 0.306. The van der Waals surface area contributed by atoms with Gasteiger partial charge in [0.2, 0.25) is 0 Å². The van der Waals surface area contributed by atoms with Crippen LogP contribution in [0.3, 0.4) is 0 Å². The molecule has 1 aliphatic rings. The second-order valence-electron chi connectivity index (χ2n) is 4.97. The fourth-order valence-corrected chi connectivity index (χ4v) is 3.61. The molecule has 0 saturated heterocycles. The Morgan fingerprint density at radius 3 is 2.62 bits per heavy atom. The zero-order chi connectivity index (χ0) is 11.5. The van der Waals surface area contributed by atoms with Gasteiger partial charge in [-0.3, -0.25) is 11.3 Å². The molecule has 2 rings (SSSR count). The van der Waals surface area contributed by atoms with E-state index in [1.165, 1.54) is 30.6 Å². The molecule has 1 aromatic heterocycles. The van der Waals surface area contributed by atoms with Gasteiger partial charge in [0.25, 0.3) is 0 Å². The third kappa shape index (κ3) is 2.44. The SMILES string of the molecule is Cc1ncsc1C(NN)C1CCC(C)CC1. The lowest BCUT2D eigenvalue weighted by Crippen LogP contribution is -2.35. The highest BCUT2D eigenvalue weighted by molar-refractivity contribution is 7.09. The van der Waals surface area contributed by atoms with Crippen LogP contribution >= 0.6 is 11.3 Å². The van der Waals surface area contributed by atoms with Crippen LogP contribution in [-0.2, 0) is 0 Å². The number of aryl methyl sites for hydroxylation is 1. The van der Waals surface area contributed by atoms with Gasteiger partial charge in [0.05, 0.1) is 17.2 Å². The first-order valence-corrected chi connectivity index (χ1v) is 6.96. The lowest BCUT2D eigenvalue weighted by atomic mass is 9.79. The van der Waals surface area contributed by atoms with Crippen molar-refractivity contribution in [3.8, 4) is 0 Å². The van der Waals surface area contributed by atoms with Gasteiger partial charge in [0.1, 0.15) is 0 Å². The second-order valence-corrected chi connectivity index (χ2v) is 5.85. The molecule has 90 valence electrons. The lowest BCUT2D eigenvalue weighted by molar-refractivity contribution is 0.234. The number of aromatic nitrogens is 1. The summed E-state index contributed by atoms with van der Waals surface area (Å²) in [5, 5.41) is 0. The van der Waals surface area contributed by atoms with Gasteiger partial charge in [-0.05, 0) is 31.6 Å². The maximum atomic E-state index is 5.73. The molecular formula is C12H21N3S. The molecule has 1 aliphatic carbocycles. The normalized spacial score (nSPS) is 27.9. The van der Waals surface area contributed by atoms with E-state index in [-0.39, 0.29) is 0 Å². The first-order chi connectivity index (χ1) is 7.72. The maximum Gasteiger partial charge on any atom is 0.0798 e. The Hall–Kier alpha value is -0.450. The average Bonchev–Trinajstić information content (AvgIpc) is 2.69. The highest BCUT2D eigenvalue weighted by Crippen LogP contribution is 2.38. The van der Waals surface area contributed by atoms with Crippen LogP contribution in [0.1, 0.15) is 49.2 Å². The van der Waals surface area contributed by atoms with Gasteiger partial charge in [-0.25, -0.2) is 4.98 Å². The molecule has 0 radical (unpaired) electrons. The molecule has 0 aromatic carbocycles.